The molecular formula is C8H10N2. The summed E-state index contributed by atoms with van der Waals surface area (Å²) in [5, 5.41) is 4.17. The Hall–Kier alpha value is -1.05. The molecule has 0 radical (unpaired) electrons. The lowest BCUT2D eigenvalue weighted by Gasteiger charge is -2.11. The first-order chi connectivity index (χ1) is 4.88. The Kier molecular flexibility index (Phi) is 1.13. The molecule has 0 amide bonds. The van der Waals surface area contributed by atoms with Gasteiger partial charge < -0.3 is 5.43 Å². The Morgan fingerprint density at radius 1 is 1.50 bits per heavy atom. The van der Waals surface area contributed by atoms with E-state index < -0.39 is 0 Å². The summed E-state index contributed by atoms with van der Waals surface area (Å²) in [4.78, 5) is 0. The fraction of sp³-hybridized carbons (Fsp3) is 0.375. The third-order valence-corrected chi connectivity index (χ3v) is 1.97. The summed E-state index contributed by atoms with van der Waals surface area (Å²) < 4.78 is 0. The number of fused-ring (bicyclic) bond motifs is 1. The van der Waals surface area contributed by atoms with Crippen LogP contribution in [0.2, 0.25) is 0 Å². The van der Waals surface area contributed by atoms with Crippen LogP contribution in [0.1, 0.15) is 6.92 Å². The van der Waals surface area contributed by atoms with Crippen LogP contribution in [0.3, 0.4) is 0 Å². The van der Waals surface area contributed by atoms with Gasteiger partial charge >= 0.3 is 0 Å². The molecule has 52 valence electrons. The van der Waals surface area contributed by atoms with Crippen LogP contribution in [0.25, 0.3) is 0 Å². The van der Waals surface area contributed by atoms with Crippen molar-refractivity contribution in [2.45, 2.75) is 13.0 Å². The van der Waals surface area contributed by atoms with E-state index in [1.165, 1.54) is 0 Å². The predicted molar refractivity (Wildman–Crippen MR) is 41.8 cm³/mol. The minimum absolute atomic E-state index is 0.469. The van der Waals surface area contributed by atoms with Gasteiger partial charge in [0.15, 0.2) is 0 Å². The zero-order valence-electron chi connectivity index (χ0n) is 5.91. The quantitative estimate of drug-likeness (QED) is 0.526. The summed E-state index contributed by atoms with van der Waals surface area (Å²) in [5.41, 5.74) is 4.21. The zero-order valence-corrected chi connectivity index (χ0v) is 5.91. The highest BCUT2D eigenvalue weighted by molar-refractivity contribution is 6.00. The van der Waals surface area contributed by atoms with Crippen molar-refractivity contribution in [1.82, 2.24) is 5.43 Å². The number of nitrogens with zero attached hydrogens (tertiary/aromatic N) is 1. The van der Waals surface area contributed by atoms with Crippen LogP contribution >= 0.6 is 0 Å². The maximum absolute atomic E-state index is 4.17. The third-order valence-electron chi connectivity index (χ3n) is 1.97. The molecule has 1 aliphatic carbocycles. The molecule has 2 heteroatoms. The van der Waals surface area contributed by atoms with Gasteiger partial charge in [-0.1, -0.05) is 18.2 Å². The smallest absolute Gasteiger partial charge is 0.0692 e. The largest absolute Gasteiger partial charge is 0.306 e. The summed E-state index contributed by atoms with van der Waals surface area (Å²) in [6.07, 6.45) is 8.34. The fourth-order valence-corrected chi connectivity index (χ4v) is 1.34. The zero-order chi connectivity index (χ0) is 6.97. The molecule has 10 heavy (non-hydrogen) atoms. The van der Waals surface area contributed by atoms with E-state index in [9.17, 15) is 0 Å². The minimum atomic E-state index is 0.469. The molecule has 0 spiro atoms. The molecule has 1 aliphatic heterocycles. The molecule has 0 aromatic heterocycles. The van der Waals surface area contributed by atoms with Crippen molar-refractivity contribution in [3.63, 3.8) is 0 Å². The van der Waals surface area contributed by atoms with Crippen LogP contribution in [0, 0.1) is 5.92 Å². The summed E-state index contributed by atoms with van der Waals surface area (Å²) in [5.74, 6) is 0.505. The normalized spacial score (nSPS) is 35.1. The molecular weight excluding hydrogens is 124 g/mol. The number of rotatable bonds is 0. The minimum Gasteiger partial charge on any atom is -0.306 e. The van der Waals surface area contributed by atoms with Gasteiger partial charge in [0.2, 0.25) is 0 Å². The van der Waals surface area contributed by atoms with E-state index in [0.29, 0.717) is 12.0 Å². The van der Waals surface area contributed by atoms with Crippen LogP contribution < -0.4 is 5.43 Å². The first-order valence-corrected chi connectivity index (χ1v) is 3.56. The Morgan fingerprint density at radius 2 is 2.40 bits per heavy atom. The topological polar surface area (TPSA) is 24.4 Å². The first-order valence-electron chi connectivity index (χ1n) is 3.56. The lowest BCUT2D eigenvalue weighted by Crippen LogP contribution is -2.24. The molecule has 0 saturated carbocycles. The van der Waals surface area contributed by atoms with Gasteiger partial charge in [-0.15, -0.1) is 0 Å². The molecule has 2 rings (SSSR count). The van der Waals surface area contributed by atoms with Crippen LogP contribution in [-0.4, -0.2) is 11.8 Å². The van der Waals surface area contributed by atoms with E-state index in [1.54, 1.807) is 0 Å². The number of hydrazone groups is 1. The Bertz CT molecular complexity index is 225. The van der Waals surface area contributed by atoms with Crippen LogP contribution in [0.15, 0.2) is 29.4 Å². The number of allylic oxidation sites excluding steroid dienone is 3. The molecule has 2 atom stereocenters. The predicted octanol–water partition coefficient (Wildman–Crippen LogP) is 1.08. The molecule has 2 aliphatic rings. The molecule has 0 fully saturated rings. The SMILES string of the molecule is C[C@@H]1NN=C2C=CC=CC21. The van der Waals surface area contributed by atoms with E-state index in [0.717, 1.165) is 5.71 Å². The Morgan fingerprint density at radius 3 is 3.20 bits per heavy atom. The maximum atomic E-state index is 4.17. The summed E-state index contributed by atoms with van der Waals surface area (Å²) >= 11 is 0. The molecule has 1 unspecified atom stereocenters. The van der Waals surface area contributed by atoms with Crippen LogP contribution in [0.5, 0.6) is 0 Å². The van der Waals surface area contributed by atoms with Gasteiger partial charge in [-0.05, 0) is 13.0 Å². The Balaban J connectivity index is 2.30. The highest BCUT2D eigenvalue weighted by Crippen LogP contribution is 2.17. The summed E-state index contributed by atoms with van der Waals surface area (Å²) in [6.45, 7) is 2.14. The van der Waals surface area contributed by atoms with Gasteiger partial charge in [0.05, 0.1) is 11.8 Å². The second kappa shape index (κ2) is 1.97. The van der Waals surface area contributed by atoms with E-state index >= 15 is 0 Å². The van der Waals surface area contributed by atoms with Crippen LogP contribution in [0.4, 0.5) is 0 Å². The van der Waals surface area contributed by atoms with Gasteiger partial charge in [0, 0.05) is 5.92 Å². The van der Waals surface area contributed by atoms with E-state index in [4.69, 9.17) is 0 Å². The van der Waals surface area contributed by atoms with Gasteiger partial charge in [-0.3, -0.25) is 0 Å². The molecule has 1 N–H and O–H groups in total. The van der Waals surface area contributed by atoms with Gasteiger partial charge in [0.25, 0.3) is 0 Å². The lowest BCUT2D eigenvalue weighted by atomic mass is 9.94. The second-order valence-corrected chi connectivity index (χ2v) is 2.72. The molecule has 0 bridgehead atoms. The monoisotopic (exact) mass is 134 g/mol. The van der Waals surface area contributed by atoms with E-state index in [1.807, 2.05) is 6.08 Å². The number of hydrogen-bond acceptors (Lipinski definition) is 2. The average Bonchev–Trinajstić information content (AvgIpc) is 2.34. The molecule has 0 saturated heterocycles. The van der Waals surface area contributed by atoms with Crippen molar-refractivity contribution in [2.24, 2.45) is 11.0 Å². The summed E-state index contributed by atoms with van der Waals surface area (Å²) in [6, 6.07) is 0.469. The van der Waals surface area contributed by atoms with Crippen molar-refractivity contribution >= 4 is 5.71 Å². The van der Waals surface area contributed by atoms with E-state index in [-0.39, 0.29) is 0 Å². The molecule has 1 heterocycles. The van der Waals surface area contributed by atoms with Gasteiger partial charge in [-0.25, -0.2) is 0 Å². The van der Waals surface area contributed by atoms with Crippen molar-refractivity contribution in [3.05, 3.63) is 24.3 Å². The van der Waals surface area contributed by atoms with Crippen molar-refractivity contribution in [2.75, 3.05) is 0 Å². The second-order valence-electron chi connectivity index (χ2n) is 2.72. The third kappa shape index (κ3) is 0.685. The average molecular weight is 134 g/mol. The van der Waals surface area contributed by atoms with Crippen molar-refractivity contribution in [1.29, 1.82) is 0 Å². The molecule has 2 nitrogen and oxygen atoms in total. The summed E-state index contributed by atoms with van der Waals surface area (Å²) in [7, 11) is 0. The van der Waals surface area contributed by atoms with Crippen molar-refractivity contribution < 1.29 is 0 Å². The van der Waals surface area contributed by atoms with Gasteiger partial charge in [0.1, 0.15) is 0 Å². The van der Waals surface area contributed by atoms with Gasteiger partial charge in [-0.2, -0.15) is 5.10 Å². The standard InChI is InChI=1S/C8H10N2/c1-6-7-4-2-3-5-8(7)10-9-6/h2-7,9H,1H3/t6-,7?/m0/s1. The lowest BCUT2D eigenvalue weighted by molar-refractivity contribution is 0.572. The highest BCUT2D eigenvalue weighted by atomic mass is 15.3. The van der Waals surface area contributed by atoms with Crippen molar-refractivity contribution in [3.8, 4) is 0 Å². The Labute approximate surface area is 60.3 Å². The first kappa shape index (κ1) is 5.71. The molecule has 0 aromatic carbocycles. The maximum Gasteiger partial charge on any atom is 0.0692 e. The number of hydrogen-bond donors (Lipinski definition) is 1. The fourth-order valence-electron chi connectivity index (χ4n) is 1.34. The van der Waals surface area contributed by atoms with E-state index in [2.05, 4.69) is 35.7 Å². The van der Waals surface area contributed by atoms with Crippen LogP contribution in [-0.2, 0) is 0 Å². The number of nitrogens with one attached hydrogen (secondary N) is 1. The highest BCUT2D eigenvalue weighted by Gasteiger charge is 2.24. The molecule has 0 aromatic rings.